The molecule has 1 saturated carbocycles. The molecule has 3 atom stereocenters. The molecule has 2 heteroatoms. The molecule has 0 amide bonds. The van der Waals surface area contributed by atoms with Gasteiger partial charge in [0.2, 0.25) is 0 Å². The molecule has 84 valence electrons. The average molecular weight is 198 g/mol. The molecule has 14 heavy (non-hydrogen) atoms. The van der Waals surface area contributed by atoms with Crippen LogP contribution in [0.3, 0.4) is 0 Å². The van der Waals surface area contributed by atoms with Gasteiger partial charge in [0.15, 0.2) is 0 Å². The molecular formula is C12H26N2. The summed E-state index contributed by atoms with van der Waals surface area (Å²) < 4.78 is 0. The van der Waals surface area contributed by atoms with E-state index in [1.165, 1.54) is 25.7 Å². The summed E-state index contributed by atoms with van der Waals surface area (Å²) in [5.41, 5.74) is 0. The van der Waals surface area contributed by atoms with Crippen molar-refractivity contribution in [2.75, 3.05) is 20.6 Å². The SMILES string of the molecule is CC1CCCC(NCC(C)N(C)C)C1. The maximum Gasteiger partial charge on any atom is 0.0186 e. The Kier molecular flexibility index (Phi) is 4.90. The van der Waals surface area contributed by atoms with E-state index in [1.54, 1.807) is 0 Å². The minimum atomic E-state index is 0.646. The summed E-state index contributed by atoms with van der Waals surface area (Å²) in [5.74, 6) is 0.927. The van der Waals surface area contributed by atoms with Crippen LogP contribution in [0.2, 0.25) is 0 Å². The first kappa shape index (κ1) is 12.0. The summed E-state index contributed by atoms with van der Waals surface area (Å²) in [4.78, 5) is 2.28. The second kappa shape index (κ2) is 5.72. The molecule has 1 aliphatic carbocycles. The highest BCUT2D eigenvalue weighted by Gasteiger charge is 2.18. The fourth-order valence-electron chi connectivity index (χ4n) is 2.14. The van der Waals surface area contributed by atoms with Crippen molar-refractivity contribution in [3.63, 3.8) is 0 Å². The Bertz CT molecular complexity index is 156. The summed E-state index contributed by atoms with van der Waals surface area (Å²) in [6.07, 6.45) is 5.60. The molecule has 1 fully saturated rings. The molecule has 0 saturated heterocycles. The molecule has 0 aromatic carbocycles. The standard InChI is InChI=1S/C12H26N2/c1-10-6-5-7-12(8-10)13-9-11(2)14(3)4/h10-13H,5-9H2,1-4H3. The zero-order valence-electron chi connectivity index (χ0n) is 10.2. The zero-order valence-corrected chi connectivity index (χ0v) is 10.2. The van der Waals surface area contributed by atoms with Gasteiger partial charge >= 0.3 is 0 Å². The number of hydrogen-bond donors (Lipinski definition) is 1. The molecule has 0 aliphatic heterocycles. The van der Waals surface area contributed by atoms with Gasteiger partial charge in [-0.1, -0.05) is 19.8 Å². The van der Waals surface area contributed by atoms with Crippen LogP contribution in [0.4, 0.5) is 0 Å². The minimum absolute atomic E-state index is 0.646. The van der Waals surface area contributed by atoms with Gasteiger partial charge in [0, 0.05) is 18.6 Å². The van der Waals surface area contributed by atoms with E-state index in [2.05, 4.69) is 38.2 Å². The van der Waals surface area contributed by atoms with E-state index >= 15 is 0 Å². The van der Waals surface area contributed by atoms with Crippen molar-refractivity contribution < 1.29 is 0 Å². The Hall–Kier alpha value is -0.0800. The summed E-state index contributed by atoms with van der Waals surface area (Å²) >= 11 is 0. The predicted octanol–water partition coefficient (Wildman–Crippen LogP) is 2.10. The molecule has 0 aromatic rings. The Morgan fingerprint density at radius 1 is 1.36 bits per heavy atom. The summed E-state index contributed by atoms with van der Waals surface area (Å²) in [7, 11) is 4.30. The second-order valence-electron chi connectivity index (χ2n) is 5.19. The van der Waals surface area contributed by atoms with E-state index in [0.29, 0.717) is 6.04 Å². The third-order valence-electron chi connectivity index (χ3n) is 3.52. The first-order valence-corrected chi connectivity index (χ1v) is 5.99. The largest absolute Gasteiger partial charge is 0.312 e. The van der Waals surface area contributed by atoms with Crippen molar-refractivity contribution in [2.24, 2.45) is 5.92 Å². The van der Waals surface area contributed by atoms with Gasteiger partial charge in [-0.25, -0.2) is 0 Å². The van der Waals surface area contributed by atoms with Gasteiger partial charge in [-0.15, -0.1) is 0 Å². The molecule has 0 spiro atoms. The summed E-state index contributed by atoms with van der Waals surface area (Å²) in [5, 5.41) is 3.69. The van der Waals surface area contributed by atoms with Gasteiger partial charge in [-0.2, -0.15) is 0 Å². The highest BCUT2D eigenvalue weighted by Crippen LogP contribution is 2.23. The van der Waals surface area contributed by atoms with Crippen molar-refractivity contribution >= 4 is 0 Å². The van der Waals surface area contributed by atoms with Crippen molar-refractivity contribution in [1.29, 1.82) is 0 Å². The first-order valence-electron chi connectivity index (χ1n) is 5.99. The first-order chi connectivity index (χ1) is 6.59. The van der Waals surface area contributed by atoms with Crippen LogP contribution in [0.15, 0.2) is 0 Å². The molecule has 3 unspecified atom stereocenters. The summed E-state index contributed by atoms with van der Waals surface area (Å²) in [6, 6.07) is 1.42. The van der Waals surface area contributed by atoms with Gasteiger partial charge in [0.25, 0.3) is 0 Å². The quantitative estimate of drug-likeness (QED) is 0.744. The Morgan fingerprint density at radius 3 is 2.64 bits per heavy atom. The van der Waals surface area contributed by atoms with Crippen molar-refractivity contribution in [3.8, 4) is 0 Å². The van der Waals surface area contributed by atoms with Crippen LogP contribution in [0, 0.1) is 5.92 Å². The van der Waals surface area contributed by atoms with Gasteiger partial charge in [-0.3, -0.25) is 0 Å². The Morgan fingerprint density at radius 2 is 2.07 bits per heavy atom. The molecular weight excluding hydrogens is 172 g/mol. The van der Waals surface area contributed by atoms with E-state index in [1.807, 2.05) is 0 Å². The molecule has 0 radical (unpaired) electrons. The Balaban J connectivity index is 2.17. The lowest BCUT2D eigenvalue weighted by molar-refractivity contribution is 0.256. The Labute approximate surface area is 89.1 Å². The molecule has 2 nitrogen and oxygen atoms in total. The van der Waals surface area contributed by atoms with Gasteiger partial charge < -0.3 is 10.2 Å². The third kappa shape index (κ3) is 3.97. The molecule has 1 rings (SSSR count). The second-order valence-corrected chi connectivity index (χ2v) is 5.19. The lowest BCUT2D eigenvalue weighted by Crippen LogP contribution is -2.42. The monoisotopic (exact) mass is 198 g/mol. The summed E-state index contributed by atoms with van der Waals surface area (Å²) in [6.45, 7) is 5.78. The minimum Gasteiger partial charge on any atom is -0.312 e. The van der Waals surface area contributed by atoms with E-state index in [9.17, 15) is 0 Å². The lowest BCUT2D eigenvalue weighted by Gasteiger charge is -2.30. The van der Waals surface area contributed by atoms with Crippen LogP contribution in [0.25, 0.3) is 0 Å². The van der Waals surface area contributed by atoms with Crippen molar-refractivity contribution in [1.82, 2.24) is 10.2 Å². The highest BCUT2D eigenvalue weighted by molar-refractivity contribution is 4.77. The maximum absolute atomic E-state index is 3.69. The van der Waals surface area contributed by atoms with Gasteiger partial charge in [0.05, 0.1) is 0 Å². The van der Waals surface area contributed by atoms with E-state index in [4.69, 9.17) is 0 Å². The van der Waals surface area contributed by atoms with E-state index in [0.717, 1.165) is 18.5 Å². The maximum atomic E-state index is 3.69. The van der Waals surface area contributed by atoms with Crippen LogP contribution in [0.1, 0.15) is 39.5 Å². The van der Waals surface area contributed by atoms with E-state index in [-0.39, 0.29) is 0 Å². The van der Waals surface area contributed by atoms with Crippen LogP contribution in [0.5, 0.6) is 0 Å². The number of hydrogen-bond acceptors (Lipinski definition) is 2. The molecule has 0 aromatic heterocycles. The topological polar surface area (TPSA) is 15.3 Å². The highest BCUT2D eigenvalue weighted by atomic mass is 15.1. The average Bonchev–Trinajstić information content (AvgIpc) is 2.14. The fraction of sp³-hybridized carbons (Fsp3) is 1.00. The van der Waals surface area contributed by atoms with Crippen LogP contribution in [-0.2, 0) is 0 Å². The van der Waals surface area contributed by atoms with Crippen molar-refractivity contribution in [2.45, 2.75) is 51.6 Å². The van der Waals surface area contributed by atoms with Gasteiger partial charge in [0.1, 0.15) is 0 Å². The molecule has 0 heterocycles. The van der Waals surface area contributed by atoms with Crippen LogP contribution in [-0.4, -0.2) is 37.6 Å². The van der Waals surface area contributed by atoms with E-state index < -0.39 is 0 Å². The van der Waals surface area contributed by atoms with Crippen molar-refractivity contribution in [3.05, 3.63) is 0 Å². The molecule has 1 aliphatic rings. The predicted molar refractivity (Wildman–Crippen MR) is 62.6 cm³/mol. The number of nitrogens with zero attached hydrogens (tertiary/aromatic N) is 1. The number of nitrogens with one attached hydrogen (secondary N) is 1. The van der Waals surface area contributed by atoms with Crippen LogP contribution >= 0.6 is 0 Å². The molecule has 0 bridgehead atoms. The zero-order chi connectivity index (χ0) is 10.6. The molecule has 1 N–H and O–H groups in total. The van der Waals surface area contributed by atoms with Crippen LogP contribution < -0.4 is 5.32 Å². The third-order valence-corrected chi connectivity index (χ3v) is 3.52. The van der Waals surface area contributed by atoms with Gasteiger partial charge in [-0.05, 0) is 39.8 Å². The smallest absolute Gasteiger partial charge is 0.0186 e. The lowest BCUT2D eigenvalue weighted by atomic mass is 9.87. The fourth-order valence-corrected chi connectivity index (χ4v) is 2.14. The number of rotatable bonds is 4. The number of likely N-dealkylation sites (N-methyl/N-ethyl adjacent to an activating group) is 1. The normalized spacial score (nSPS) is 30.6.